The van der Waals surface area contributed by atoms with Crippen LogP contribution in [0, 0.1) is 18.6 Å². The summed E-state index contributed by atoms with van der Waals surface area (Å²) in [6.07, 6.45) is 1.50. The average Bonchev–Trinajstić information content (AvgIpc) is 3.02. The van der Waals surface area contributed by atoms with Gasteiger partial charge in [-0.2, -0.15) is 0 Å². The molecule has 1 heterocycles. The molecule has 2 aromatic carbocycles. The highest BCUT2D eigenvalue weighted by molar-refractivity contribution is 6.31. The van der Waals surface area contributed by atoms with Crippen molar-refractivity contribution < 1.29 is 28.2 Å². The van der Waals surface area contributed by atoms with E-state index >= 15 is 0 Å². The van der Waals surface area contributed by atoms with E-state index in [9.17, 15) is 23.5 Å². The molecule has 1 atom stereocenters. The Morgan fingerprint density at radius 2 is 1.97 bits per heavy atom. The summed E-state index contributed by atoms with van der Waals surface area (Å²) in [6.45, 7) is 5.20. The fourth-order valence-electron chi connectivity index (χ4n) is 3.61. The van der Waals surface area contributed by atoms with E-state index < -0.39 is 35.2 Å². The van der Waals surface area contributed by atoms with Crippen molar-refractivity contribution in [3.63, 3.8) is 0 Å². The van der Waals surface area contributed by atoms with E-state index in [1.54, 1.807) is 12.1 Å². The summed E-state index contributed by atoms with van der Waals surface area (Å²) in [7, 11) is 0. The van der Waals surface area contributed by atoms with E-state index in [-0.39, 0.29) is 34.3 Å². The van der Waals surface area contributed by atoms with Crippen molar-refractivity contribution in [2.24, 2.45) is 0 Å². The van der Waals surface area contributed by atoms with Gasteiger partial charge in [0.25, 0.3) is 5.91 Å². The number of unbranched alkanes of at least 4 members (excludes halogenated alkanes) is 1. The van der Waals surface area contributed by atoms with Crippen molar-refractivity contribution >= 4 is 34.4 Å². The van der Waals surface area contributed by atoms with Crippen LogP contribution < -0.4 is 0 Å². The van der Waals surface area contributed by atoms with Crippen LogP contribution in [-0.4, -0.2) is 28.2 Å². The molecule has 1 unspecified atom stereocenters. The van der Waals surface area contributed by atoms with Crippen LogP contribution in [0.3, 0.4) is 0 Å². The molecule has 0 fully saturated rings. The van der Waals surface area contributed by atoms with Crippen LogP contribution in [0.15, 0.2) is 30.3 Å². The van der Waals surface area contributed by atoms with Gasteiger partial charge < -0.3 is 9.84 Å². The molecule has 164 valence electrons. The summed E-state index contributed by atoms with van der Waals surface area (Å²) in [4.78, 5) is 25.8. The van der Waals surface area contributed by atoms with Gasteiger partial charge >= 0.3 is 5.97 Å². The SMILES string of the molecule is CCCCOC(=O)C(C)c1c(C)n(C(=O)c2cccc(Cl)c2)c2cc(F)c(O)c(F)c12. The van der Waals surface area contributed by atoms with Gasteiger partial charge in [0.05, 0.1) is 18.0 Å². The highest BCUT2D eigenvalue weighted by atomic mass is 35.5. The normalized spacial score (nSPS) is 12.2. The average molecular weight is 450 g/mol. The molecular formula is C23H22ClF2NO4. The zero-order valence-electron chi connectivity index (χ0n) is 17.3. The molecule has 0 radical (unpaired) electrons. The van der Waals surface area contributed by atoms with Gasteiger partial charge in [-0.1, -0.05) is 31.0 Å². The number of hydrogen-bond acceptors (Lipinski definition) is 4. The van der Waals surface area contributed by atoms with Gasteiger partial charge in [0.1, 0.15) is 0 Å². The number of benzene rings is 2. The topological polar surface area (TPSA) is 68.5 Å². The molecule has 1 N–H and O–H groups in total. The Bertz CT molecular complexity index is 1170. The Labute approximate surface area is 183 Å². The predicted molar refractivity (Wildman–Crippen MR) is 114 cm³/mol. The maximum absolute atomic E-state index is 15.0. The Hall–Kier alpha value is -2.93. The van der Waals surface area contributed by atoms with E-state index in [2.05, 4.69) is 0 Å². The fraction of sp³-hybridized carbons (Fsp3) is 0.304. The summed E-state index contributed by atoms with van der Waals surface area (Å²) < 4.78 is 35.6. The van der Waals surface area contributed by atoms with E-state index in [0.717, 1.165) is 17.1 Å². The number of phenols is 1. The van der Waals surface area contributed by atoms with Gasteiger partial charge in [-0.15, -0.1) is 0 Å². The number of esters is 1. The van der Waals surface area contributed by atoms with Crippen LogP contribution in [0.5, 0.6) is 5.75 Å². The van der Waals surface area contributed by atoms with Crippen LogP contribution in [0.1, 0.15) is 54.2 Å². The first kappa shape index (κ1) is 22.7. The second kappa shape index (κ2) is 9.06. The Morgan fingerprint density at radius 3 is 2.61 bits per heavy atom. The predicted octanol–water partition coefficient (Wildman–Crippen LogP) is 5.72. The van der Waals surface area contributed by atoms with Crippen molar-refractivity contribution in [3.05, 3.63) is 63.8 Å². The maximum atomic E-state index is 15.0. The van der Waals surface area contributed by atoms with Gasteiger partial charge in [-0.3, -0.25) is 14.2 Å². The monoisotopic (exact) mass is 449 g/mol. The highest BCUT2D eigenvalue weighted by Crippen LogP contribution is 2.39. The number of aromatic nitrogens is 1. The van der Waals surface area contributed by atoms with Crippen molar-refractivity contribution in [2.45, 2.75) is 39.5 Å². The lowest BCUT2D eigenvalue weighted by molar-refractivity contribution is -0.145. The standard InChI is InChI=1S/C23H22ClF2NO4/c1-4-5-9-31-23(30)12(2)18-13(3)27(22(29)14-7-6-8-15(24)10-14)17-11-16(25)21(28)20(26)19(17)18/h6-8,10-12,28H,4-5,9H2,1-3H3. The minimum Gasteiger partial charge on any atom is -0.503 e. The lowest BCUT2D eigenvalue weighted by Crippen LogP contribution is -2.17. The van der Waals surface area contributed by atoms with Crippen LogP contribution >= 0.6 is 11.6 Å². The second-order valence-corrected chi connectivity index (χ2v) is 7.74. The highest BCUT2D eigenvalue weighted by Gasteiger charge is 2.31. The van der Waals surface area contributed by atoms with Crippen LogP contribution in [0.4, 0.5) is 8.78 Å². The molecule has 1 aromatic heterocycles. The zero-order chi connectivity index (χ0) is 22.9. The molecule has 0 spiro atoms. The molecule has 0 aliphatic rings. The first-order valence-electron chi connectivity index (χ1n) is 9.87. The van der Waals surface area contributed by atoms with E-state index in [4.69, 9.17) is 16.3 Å². The van der Waals surface area contributed by atoms with Crippen LogP contribution in [-0.2, 0) is 9.53 Å². The summed E-state index contributed by atoms with van der Waals surface area (Å²) in [5, 5.41) is 9.96. The molecule has 31 heavy (non-hydrogen) atoms. The van der Waals surface area contributed by atoms with Crippen LogP contribution in [0.2, 0.25) is 5.02 Å². The van der Waals surface area contributed by atoms with E-state index in [1.165, 1.54) is 26.0 Å². The summed E-state index contributed by atoms with van der Waals surface area (Å²) in [5.41, 5.74) is 0.494. The molecule has 0 saturated carbocycles. The smallest absolute Gasteiger partial charge is 0.313 e. The number of carbonyl (C=O) groups excluding carboxylic acids is 2. The van der Waals surface area contributed by atoms with Gasteiger partial charge in [0.15, 0.2) is 17.4 Å². The molecular weight excluding hydrogens is 428 g/mol. The van der Waals surface area contributed by atoms with E-state index in [0.29, 0.717) is 11.4 Å². The third-order valence-corrected chi connectivity index (χ3v) is 5.45. The van der Waals surface area contributed by atoms with Gasteiger partial charge in [0, 0.05) is 27.7 Å². The molecule has 8 heteroatoms. The Kier molecular flexibility index (Phi) is 6.65. The van der Waals surface area contributed by atoms with Crippen molar-refractivity contribution in [1.29, 1.82) is 0 Å². The van der Waals surface area contributed by atoms with Gasteiger partial charge in [0.2, 0.25) is 0 Å². The number of hydrogen-bond donors (Lipinski definition) is 1. The van der Waals surface area contributed by atoms with Crippen molar-refractivity contribution in [3.8, 4) is 5.75 Å². The van der Waals surface area contributed by atoms with Gasteiger partial charge in [-0.05, 0) is 44.0 Å². The lowest BCUT2D eigenvalue weighted by Gasteiger charge is -2.13. The minimum atomic E-state index is -1.24. The number of halogens is 3. The lowest BCUT2D eigenvalue weighted by atomic mass is 9.97. The molecule has 5 nitrogen and oxygen atoms in total. The first-order chi connectivity index (χ1) is 14.7. The Morgan fingerprint density at radius 1 is 1.26 bits per heavy atom. The third kappa shape index (κ3) is 4.14. The molecule has 3 aromatic rings. The van der Waals surface area contributed by atoms with E-state index in [1.807, 2.05) is 6.92 Å². The number of rotatable bonds is 6. The number of fused-ring (bicyclic) bond motifs is 1. The molecule has 3 rings (SSSR count). The third-order valence-electron chi connectivity index (χ3n) is 5.21. The Balaban J connectivity index is 2.23. The molecule has 0 aliphatic carbocycles. The maximum Gasteiger partial charge on any atom is 0.313 e. The first-order valence-corrected chi connectivity index (χ1v) is 10.3. The summed E-state index contributed by atoms with van der Waals surface area (Å²) >= 11 is 5.99. The number of carbonyl (C=O) groups is 2. The molecule has 0 saturated heterocycles. The number of ether oxygens (including phenoxy) is 1. The minimum absolute atomic E-state index is 0.0986. The number of aromatic hydroxyl groups is 1. The number of phenolic OH excluding ortho intramolecular Hbond substituents is 1. The largest absolute Gasteiger partial charge is 0.503 e. The second-order valence-electron chi connectivity index (χ2n) is 7.31. The molecule has 0 bridgehead atoms. The van der Waals surface area contributed by atoms with Crippen LogP contribution in [0.25, 0.3) is 10.9 Å². The summed E-state index contributed by atoms with van der Waals surface area (Å²) in [5.74, 6) is -5.76. The fourth-order valence-corrected chi connectivity index (χ4v) is 3.80. The molecule has 0 aliphatic heterocycles. The zero-order valence-corrected chi connectivity index (χ0v) is 18.1. The quantitative estimate of drug-likeness (QED) is 0.386. The summed E-state index contributed by atoms with van der Waals surface area (Å²) in [6, 6.07) is 7.01. The number of nitrogens with zero attached hydrogens (tertiary/aromatic N) is 1. The molecule has 0 amide bonds. The van der Waals surface area contributed by atoms with Crippen molar-refractivity contribution in [2.75, 3.05) is 6.61 Å². The van der Waals surface area contributed by atoms with Gasteiger partial charge in [-0.25, -0.2) is 8.78 Å². The van der Waals surface area contributed by atoms with Crippen molar-refractivity contribution in [1.82, 2.24) is 4.57 Å².